The molecule has 0 fully saturated rings. The predicted octanol–water partition coefficient (Wildman–Crippen LogP) is 2.19. The van der Waals surface area contributed by atoms with Gasteiger partial charge in [-0.2, -0.15) is 0 Å². The van der Waals surface area contributed by atoms with Crippen molar-refractivity contribution in [3.05, 3.63) is 53.7 Å². The molecule has 1 heterocycles. The molecule has 2 unspecified atom stereocenters. The number of carbonyl (C=O) groups is 1. The molecule has 0 aliphatic carbocycles. The average molecular weight is 259 g/mol. The molecular weight excluding hydrogens is 242 g/mol. The largest absolute Gasteiger partial charge is 0.446 e. The van der Waals surface area contributed by atoms with E-state index < -0.39 is 0 Å². The zero-order valence-corrected chi connectivity index (χ0v) is 11.0. The second-order valence-corrected chi connectivity index (χ2v) is 4.47. The Balaban J connectivity index is 2.04. The highest BCUT2D eigenvalue weighted by molar-refractivity contribution is 5.92. The minimum Gasteiger partial charge on any atom is -0.446 e. The highest BCUT2D eigenvalue weighted by atomic mass is 16.3. The molecule has 5 heteroatoms. The standard InChI is InChI=1S/C14H17N3O2/c1-9(15)14-17-12(8-19-14)13(18)16-10(2)11-6-4-3-5-7-11/h3-10H,15H2,1-2H3,(H,16,18). The molecule has 2 aromatic rings. The topological polar surface area (TPSA) is 81.1 Å². The van der Waals surface area contributed by atoms with E-state index >= 15 is 0 Å². The van der Waals surface area contributed by atoms with E-state index in [1.54, 1.807) is 6.92 Å². The first-order valence-electron chi connectivity index (χ1n) is 6.14. The maximum Gasteiger partial charge on any atom is 0.273 e. The van der Waals surface area contributed by atoms with E-state index in [-0.39, 0.29) is 23.7 Å². The second-order valence-electron chi connectivity index (χ2n) is 4.47. The maximum absolute atomic E-state index is 12.0. The Bertz CT molecular complexity index is 549. The van der Waals surface area contributed by atoms with Gasteiger partial charge in [0.2, 0.25) is 5.89 Å². The van der Waals surface area contributed by atoms with Crippen molar-refractivity contribution in [2.75, 3.05) is 0 Å². The zero-order chi connectivity index (χ0) is 13.8. The minimum absolute atomic E-state index is 0.0934. The Hall–Kier alpha value is -2.14. The van der Waals surface area contributed by atoms with Gasteiger partial charge in [0.25, 0.3) is 5.91 Å². The molecule has 0 saturated heterocycles. The number of benzene rings is 1. The van der Waals surface area contributed by atoms with Gasteiger partial charge in [0.15, 0.2) is 5.69 Å². The van der Waals surface area contributed by atoms with Gasteiger partial charge in [-0.25, -0.2) is 4.98 Å². The average Bonchev–Trinajstić information content (AvgIpc) is 2.89. The fraction of sp³-hybridized carbons (Fsp3) is 0.286. The number of nitrogens with one attached hydrogen (secondary N) is 1. The molecule has 1 amide bonds. The molecule has 2 atom stereocenters. The molecule has 100 valence electrons. The highest BCUT2D eigenvalue weighted by Gasteiger charge is 2.16. The Morgan fingerprint density at radius 2 is 2.00 bits per heavy atom. The molecule has 5 nitrogen and oxygen atoms in total. The van der Waals surface area contributed by atoms with Crippen molar-refractivity contribution in [2.45, 2.75) is 25.9 Å². The van der Waals surface area contributed by atoms with Crippen molar-refractivity contribution < 1.29 is 9.21 Å². The van der Waals surface area contributed by atoms with Crippen LogP contribution in [0.2, 0.25) is 0 Å². The highest BCUT2D eigenvalue weighted by Crippen LogP contribution is 2.13. The molecular formula is C14H17N3O2. The number of nitrogens with zero attached hydrogens (tertiary/aromatic N) is 1. The molecule has 0 spiro atoms. The third kappa shape index (κ3) is 3.20. The van der Waals surface area contributed by atoms with E-state index in [0.29, 0.717) is 5.89 Å². The third-order valence-corrected chi connectivity index (χ3v) is 2.79. The Morgan fingerprint density at radius 1 is 1.32 bits per heavy atom. The first kappa shape index (κ1) is 13.3. The van der Waals surface area contributed by atoms with E-state index in [1.165, 1.54) is 6.26 Å². The number of hydrogen-bond donors (Lipinski definition) is 2. The first-order valence-corrected chi connectivity index (χ1v) is 6.14. The van der Waals surface area contributed by atoms with Crippen LogP contribution in [-0.4, -0.2) is 10.9 Å². The van der Waals surface area contributed by atoms with E-state index in [4.69, 9.17) is 10.2 Å². The molecule has 0 aliphatic heterocycles. The van der Waals surface area contributed by atoms with E-state index in [2.05, 4.69) is 10.3 Å². The number of carbonyl (C=O) groups excluding carboxylic acids is 1. The van der Waals surface area contributed by atoms with Gasteiger partial charge in [0.1, 0.15) is 6.26 Å². The second kappa shape index (κ2) is 5.67. The molecule has 0 radical (unpaired) electrons. The lowest BCUT2D eigenvalue weighted by Crippen LogP contribution is -2.27. The molecule has 0 saturated carbocycles. The summed E-state index contributed by atoms with van der Waals surface area (Å²) >= 11 is 0. The summed E-state index contributed by atoms with van der Waals surface area (Å²) < 4.78 is 5.14. The SMILES string of the molecule is CC(N)c1nc(C(=O)NC(C)c2ccccc2)co1. The van der Waals surface area contributed by atoms with Gasteiger partial charge in [0.05, 0.1) is 12.1 Å². The van der Waals surface area contributed by atoms with Crippen LogP contribution in [0.5, 0.6) is 0 Å². The van der Waals surface area contributed by atoms with Gasteiger partial charge in [-0.1, -0.05) is 30.3 Å². The van der Waals surface area contributed by atoms with Crippen LogP contribution in [0.3, 0.4) is 0 Å². The van der Waals surface area contributed by atoms with Crippen LogP contribution in [0, 0.1) is 0 Å². The van der Waals surface area contributed by atoms with Crippen molar-refractivity contribution in [2.24, 2.45) is 5.73 Å². The fourth-order valence-corrected chi connectivity index (χ4v) is 1.70. The Morgan fingerprint density at radius 3 is 2.58 bits per heavy atom. The maximum atomic E-state index is 12.0. The van der Waals surface area contributed by atoms with Gasteiger partial charge < -0.3 is 15.5 Å². The quantitative estimate of drug-likeness (QED) is 0.881. The third-order valence-electron chi connectivity index (χ3n) is 2.79. The molecule has 3 N–H and O–H groups in total. The molecule has 0 aliphatic rings. The van der Waals surface area contributed by atoms with E-state index in [0.717, 1.165) is 5.56 Å². The summed E-state index contributed by atoms with van der Waals surface area (Å²) in [6.07, 6.45) is 1.33. The van der Waals surface area contributed by atoms with Crippen molar-refractivity contribution in [1.82, 2.24) is 10.3 Å². The summed E-state index contributed by atoms with van der Waals surface area (Å²) in [5.74, 6) is 0.0875. The minimum atomic E-state index is -0.326. The van der Waals surface area contributed by atoms with E-state index in [9.17, 15) is 4.79 Å². The normalized spacial score (nSPS) is 13.8. The van der Waals surface area contributed by atoms with Crippen molar-refractivity contribution >= 4 is 5.91 Å². The number of oxazole rings is 1. The van der Waals surface area contributed by atoms with Crippen LogP contribution in [0.25, 0.3) is 0 Å². The van der Waals surface area contributed by atoms with Gasteiger partial charge in [0, 0.05) is 0 Å². The predicted molar refractivity (Wildman–Crippen MR) is 71.4 cm³/mol. The summed E-state index contributed by atoms with van der Waals surface area (Å²) in [7, 11) is 0. The smallest absolute Gasteiger partial charge is 0.273 e. The van der Waals surface area contributed by atoms with Gasteiger partial charge >= 0.3 is 0 Å². The number of hydrogen-bond acceptors (Lipinski definition) is 4. The summed E-state index contributed by atoms with van der Waals surface area (Å²) in [5.41, 5.74) is 6.91. The summed E-state index contributed by atoms with van der Waals surface area (Å²) in [6, 6.07) is 9.30. The van der Waals surface area contributed by atoms with Crippen LogP contribution >= 0.6 is 0 Å². The fourth-order valence-electron chi connectivity index (χ4n) is 1.70. The Labute approximate surface area is 111 Å². The van der Waals surface area contributed by atoms with Crippen LogP contribution < -0.4 is 11.1 Å². The molecule has 2 rings (SSSR count). The lowest BCUT2D eigenvalue weighted by atomic mass is 10.1. The van der Waals surface area contributed by atoms with Crippen molar-refractivity contribution in [1.29, 1.82) is 0 Å². The number of amides is 1. The van der Waals surface area contributed by atoms with Crippen LogP contribution in [0.15, 0.2) is 41.0 Å². The van der Waals surface area contributed by atoms with Crippen LogP contribution in [-0.2, 0) is 0 Å². The summed E-state index contributed by atoms with van der Waals surface area (Å²) in [5, 5.41) is 2.86. The zero-order valence-electron chi connectivity index (χ0n) is 11.0. The number of nitrogens with two attached hydrogens (primary N) is 1. The van der Waals surface area contributed by atoms with Crippen LogP contribution in [0.4, 0.5) is 0 Å². The molecule has 0 bridgehead atoms. The monoisotopic (exact) mass is 259 g/mol. The van der Waals surface area contributed by atoms with E-state index in [1.807, 2.05) is 37.3 Å². The van der Waals surface area contributed by atoms with Gasteiger partial charge in [-0.15, -0.1) is 0 Å². The number of rotatable bonds is 4. The lowest BCUT2D eigenvalue weighted by molar-refractivity contribution is 0.0935. The lowest BCUT2D eigenvalue weighted by Gasteiger charge is -2.12. The van der Waals surface area contributed by atoms with Gasteiger partial charge in [-0.05, 0) is 19.4 Å². The van der Waals surface area contributed by atoms with Gasteiger partial charge in [-0.3, -0.25) is 4.79 Å². The molecule has 1 aromatic carbocycles. The van der Waals surface area contributed by atoms with Crippen molar-refractivity contribution in [3.8, 4) is 0 Å². The van der Waals surface area contributed by atoms with Crippen LogP contribution in [0.1, 0.15) is 47.9 Å². The molecule has 1 aromatic heterocycles. The first-order chi connectivity index (χ1) is 9.08. The number of aromatic nitrogens is 1. The van der Waals surface area contributed by atoms with Crippen molar-refractivity contribution in [3.63, 3.8) is 0 Å². The summed E-state index contributed by atoms with van der Waals surface area (Å²) in [4.78, 5) is 16.0. The summed E-state index contributed by atoms with van der Waals surface area (Å²) in [6.45, 7) is 3.67. The molecule has 19 heavy (non-hydrogen) atoms. The Kier molecular flexibility index (Phi) is 3.97.